The van der Waals surface area contributed by atoms with Crippen LogP contribution in [0.4, 0.5) is 10.8 Å². The lowest BCUT2D eigenvalue weighted by molar-refractivity contribution is -0.114. The number of benzene rings is 1. The number of amides is 2. The van der Waals surface area contributed by atoms with Crippen LogP contribution in [-0.4, -0.2) is 23.1 Å². The molecule has 0 atom stereocenters. The largest absolute Gasteiger partial charge is 0.320 e. The van der Waals surface area contributed by atoms with Gasteiger partial charge in [0.2, 0.25) is 5.91 Å². The lowest BCUT2D eigenvalue weighted by Crippen LogP contribution is -2.13. The first kappa shape index (κ1) is 14.5. The summed E-state index contributed by atoms with van der Waals surface area (Å²) in [7, 11) is 0. The van der Waals surface area contributed by atoms with E-state index in [-0.39, 0.29) is 17.5 Å². The third-order valence-corrected chi connectivity index (χ3v) is 3.93. The molecule has 7 heteroatoms. The van der Waals surface area contributed by atoms with E-state index in [1.807, 2.05) is 30.5 Å². The van der Waals surface area contributed by atoms with Gasteiger partial charge in [0.1, 0.15) is 5.69 Å². The molecule has 1 heterocycles. The SMILES string of the molecule is CSc1ccccc1NC(=O)c1csc(NC(C)=O)n1. The molecule has 0 aliphatic carbocycles. The van der Waals surface area contributed by atoms with Crippen LogP contribution in [0.1, 0.15) is 17.4 Å². The summed E-state index contributed by atoms with van der Waals surface area (Å²) in [5.74, 6) is -0.501. The second kappa shape index (κ2) is 6.53. The highest BCUT2D eigenvalue weighted by Gasteiger charge is 2.13. The van der Waals surface area contributed by atoms with Crippen LogP contribution in [0.2, 0.25) is 0 Å². The number of para-hydroxylation sites is 1. The summed E-state index contributed by atoms with van der Waals surface area (Å²) >= 11 is 2.77. The Labute approximate surface area is 124 Å². The van der Waals surface area contributed by atoms with Gasteiger partial charge in [-0.15, -0.1) is 23.1 Å². The molecule has 2 aromatic rings. The van der Waals surface area contributed by atoms with Crippen molar-refractivity contribution in [3.05, 3.63) is 35.3 Å². The zero-order chi connectivity index (χ0) is 14.5. The van der Waals surface area contributed by atoms with Gasteiger partial charge in [-0.1, -0.05) is 12.1 Å². The minimum Gasteiger partial charge on any atom is -0.320 e. The van der Waals surface area contributed by atoms with Crippen molar-refractivity contribution in [3.8, 4) is 0 Å². The summed E-state index contributed by atoms with van der Waals surface area (Å²) in [4.78, 5) is 28.1. The number of carbonyl (C=O) groups excluding carboxylic acids is 2. The highest BCUT2D eigenvalue weighted by atomic mass is 32.2. The van der Waals surface area contributed by atoms with Crippen molar-refractivity contribution in [2.45, 2.75) is 11.8 Å². The number of carbonyl (C=O) groups is 2. The topological polar surface area (TPSA) is 71.1 Å². The van der Waals surface area contributed by atoms with Crippen LogP contribution in [0.25, 0.3) is 0 Å². The average Bonchev–Trinajstić information content (AvgIpc) is 2.87. The molecule has 1 aromatic carbocycles. The Kier molecular flexibility index (Phi) is 4.75. The zero-order valence-corrected chi connectivity index (χ0v) is 12.6. The predicted molar refractivity (Wildman–Crippen MR) is 82.6 cm³/mol. The maximum Gasteiger partial charge on any atom is 0.275 e. The maximum absolute atomic E-state index is 12.1. The Morgan fingerprint density at radius 3 is 2.70 bits per heavy atom. The van der Waals surface area contributed by atoms with Gasteiger partial charge in [0.25, 0.3) is 5.91 Å². The molecule has 0 unspecified atom stereocenters. The normalized spacial score (nSPS) is 10.1. The average molecular weight is 307 g/mol. The summed E-state index contributed by atoms with van der Waals surface area (Å²) in [6.45, 7) is 1.40. The smallest absolute Gasteiger partial charge is 0.275 e. The van der Waals surface area contributed by atoms with Crippen molar-refractivity contribution >= 4 is 45.7 Å². The number of thioether (sulfide) groups is 1. The van der Waals surface area contributed by atoms with E-state index in [0.29, 0.717) is 5.13 Å². The fraction of sp³-hybridized carbons (Fsp3) is 0.154. The summed E-state index contributed by atoms with van der Waals surface area (Å²) < 4.78 is 0. The van der Waals surface area contributed by atoms with Crippen LogP contribution in [0.5, 0.6) is 0 Å². The number of anilines is 2. The molecular weight excluding hydrogens is 294 g/mol. The number of thiazole rings is 1. The number of hydrogen-bond acceptors (Lipinski definition) is 5. The summed E-state index contributed by atoms with van der Waals surface area (Å²) in [5, 5.41) is 7.40. The molecule has 0 fully saturated rings. The third kappa shape index (κ3) is 3.58. The van der Waals surface area contributed by atoms with E-state index in [1.165, 1.54) is 18.3 Å². The van der Waals surface area contributed by atoms with Gasteiger partial charge in [0.05, 0.1) is 5.69 Å². The highest BCUT2D eigenvalue weighted by molar-refractivity contribution is 7.98. The number of aromatic nitrogens is 1. The molecule has 0 radical (unpaired) electrons. The van der Waals surface area contributed by atoms with Gasteiger partial charge in [-0.05, 0) is 18.4 Å². The van der Waals surface area contributed by atoms with Crippen LogP contribution >= 0.6 is 23.1 Å². The van der Waals surface area contributed by atoms with E-state index in [1.54, 1.807) is 17.1 Å². The lowest BCUT2D eigenvalue weighted by atomic mass is 10.3. The van der Waals surface area contributed by atoms with Crippen LogP contribution in [-0.2, 0) is 4.79 Å². The van der Waals surface area contributed by atoms with Crippen LogP contribution in [0.3, 0.4) is 0 Å². The van der Waals surface area contributed by atoms with Gasteiger partial charge in [-0.2, -0.15) is 0 Å². The van der Waals surface area contributed by atoms with Gasteiger partial charge < -0.3 is 10.6 Å². The molecule has 0 spiro atoms. The number of nitrogens with one attached hydrogen (secondary N) is 2. The Hall–Kier alpha value is -1.86. The molecular formula is C13H13N3O2S2. The first-order valence-electron chi connectivity index (χ1n) is 5.77. The minimum absolute atomic E-state index is 0.209. The van der Waals surface area contributed by atoms with Crippen LogP contribution in [0, 0.1) is 0 Å². The maximum atomic E-state index is 12.1. The van der Waals surface area contributed by atoms with Crippen molar-refractivity contribution in [1.29, 1.82) is 0 Å². The fourth-order valence-electron chi connectivity index (χ4n) is 1.52. The molecule has 104 valence electrons. The van der Waals surface area contributed by atoms with Gasteiger partial charge in [0, 0.05) is 17.2 Å². The molecule has 0 bridgehead atoms. The summed E-state index contributed by atoms with van der Waals surface area (Å²) in [6, 6.07) is 7.55. The molecule has 0 saturated heterocycles. The monoisotopic (exact) mass is 307 g/mol. The van der Waals surface area contributed by atoms with Crippen molar-refractivity contribution in [2.75, 3.05) is 16.9 Å². The minimum atomic E-state index is -0.292. The van der Waals surface area contributed by atoms with E-state index in [0.717, 1.165) is 10.6 Å². The molecule has 0 aliphatic rings. The molecule has 2 rings (SSSR count). The van der Waals surface area contributed by atoms with Crippen molar-refractivity contribution in [2.24, 2.45) is 0 Å². The first-order chi connectivity index (χ1) is 9.60. The Balaban J connectivity index is 2.12. The molecule has 0 aliphatic heterocycles. The van der Waals surface area contributed by atoms with E-state index in [4.69, 9.17) is 0 Å². The number of nitrogens with zero attached hydrogens (tertiary/aromatic N) is 1. The molecule has 5 nitrogen and oxygen atoms in total. The molecule has 0 saturated carbocycles. The molecule has 2 N–H and O–H groups in total. The number of hydrogen-bond donors (Lipinski definition) is 2. The van der Waals surface area contributed by atoms with Crippen molar-refractivity contribution in [1.82, 2.24) is 4.98 Å². The van der Waals surface area contributed by atoms with Gasteiger partial charge in [-0.3, -0.25) is 9.59 Å². The van der Waals surface area contributed by atoms with Crippen molar-refractivity contribution < 1.29 is 9.59 Å². The van der Waals surface area contributed by atoms with Crippen LogP contribution in [0.15, 0.2) is 34.5 Å². The van der Waals surface area contributed by atoms with Gasteiger partial charge >= 0.3 is 0 Å². The second-order valence-corrected chi connectivity index (χ2v) is 5.58. The quantitative estimate of drug-likeness (QED) is 0.852. The van der Waals surface area contributed by atoms with E-state index in [9.17, 15) is 9.59 Å². The Bertz CT molecular complexity index is 640. The highest BCUT2D eigenvalue weighted by Crippen LogP contribution is 2.25. The molecule has 1 aromatic heterocycles. The molecule has 2 amide bonds. The predicted octanol–water partition coefficient (Wildman–Crippen LogP) is 3.08. The van der Waals surface area contributed by atoms with Crippen molar-refractivity contribution in [3.63, 3.8) is 0 Å². The fourth-order valence-corrected chi connectivity index (χ4v) is 2.81. The zero-order valence-electron chi connectivity index (χ0n) is 11.0. The Morgan fingerprint density at radius 1 is 1.25 bits per heavy atom. The van der Waals surface area contributed by atoms with E-state index >= 15 is 0 Å². The second-order valence-electron chi connectivity index (χ2n) is 3.87. The van der Waals surface area contributed by atoms with Gasteiger partial charge in [-0.25, -0.2) is 4.98 Å². The first-order valence-corrected chi connectivity index (χ1v) is 7.88. The summed E-state index contributed by atoms with van der Waals surface area (Å²) in [5.41, 5.74) is 1.04. The van der Waals surface area contributed by atoms with E-state index in [2.05, 4.69) is 15.6 Å². The lowest BCUT2D eigenvalue weighted by Gasteiger charge is -2.07. The van der Waals surface area contributed by atoms with Crippen LogP contribution < -0.4 is 10.6 Å². The third-order valence-electron chi connectivity index (χ3n) is 2.37. The number of rotatable bonds is 4. The Morgan fingerprint density at radius 2 is 2.00 bits per heavy atom. The van der Waals surface area contributed by atoms with Gasteiger partial charge in [0.15, 0.2) is 5.13 Å². The molecule has 20 heavy (non-hydrogen) atoms. The van der Waals surface area contributed by atoms with E-state index < -0.39 is 0 Å². The standard InChI is InChI=1S/C13H13N3O2S2/c1-8(17)14-13-16-10(7-20-13)12(18)15-9-5-3-4-6-11(9)19-2/h3-7H,1-2H3,(H,15,18)(H,14,16,17). The summed E-state index contributed by atoms with van der Waals surface area (Å²) in [6.07, 6.45) is 1.95.